The lowest BCUT2D eigenvalue weighted by Crippen LogP contribution is -2.11. The molecule has 0 saturated carbocycles. The Bertz CT molecular complexity index is 647. The van der Waals surface area contributed by atoms with E-state index in [2.05, 4.69) is 15.9 Å². The van der Waals surface area contributed by atoms with Gasteiger partial charge < -0.3 is 10.5 Å². The number of hydrogen-bond donors (Lipinski definition) is 2. The van der Waals surface area contributed by atoms with Crippen LogP contribution in [0.1, 0.15) is 5.56 Å². The summed E-state index contributed by atoms with van der Waals surface area (Å²) in [4.78, 5) is 0. The highest BCUT2D eigenvalue weighted by Gasteiger charge is 2.08. The Morgan fingerprint density at radius 3 is 2.47 bits per heavy atom. The molecule has 0 bridgehead atoms. The predicted molar refractivity (Wildman–Crippen MR) is 81.7 cm³/mol. The van der Waals surface area contributed by atoms with Gasteiger partial charge >= 0.3 is 0 Å². The van der Waals surface area contributed by atoms with Crippen molar-refractivity contribution in [1.29, 1.82) is 5.41 Å². The first-order chi connectivity index (χ1) is 8.97. The Hall–Kier alpha value is -1.23. The second-order valence-electron chi connectivity index (χ2n) is 3.73. The van der Waals surface area contributed by atoms with Gasteiger partial charge in [-0.15, -0.1) is 0 Å². The lowest BCUT2D eigenvalue weighted by Gasteiger charge is -2.09. The Kier molecular flexibility index (Phi) is 4.34. The molecule has 3 N–H and O–H groups in total. The highest BCUT2D eigenvalue weighted by atomic mass is 79.9. The molecule has 6 heteroatoms. The van der Waals surface area contributed by atoms with Gasteiger partial charge in [0.2, 0.25) is 0 Å². The summed E-state index contributed by atoms with van der Waals surface area (Å²) in [5.41, 5.74) is 5.86. The number of amidine groups is 1. The minimum absolute atomic E-state index is 0.0861. The van der Waals surface area contributed by atoms with Crippen LogP contribution in [0.2, 0.25) is 10.0 Å². The number of nitrogens with one attached hydrogen (secondary N) is 1. The van der Waals surface area contributed by atoms with Crippen molar-refractivity contribution in [3.05, 3.63) is 56.5 Å². The van der Waals surface area contributed by atoms with Crippen LogP contribution in [0, 0.1) is 5.41 Å². The van der Waals surface area contributed by atoms with Crippen molar-refractivity contribution in [2.24, 2.45) is 5.73 Å². The molecule has 2 aromatic rings. The lowest BCUT2D eigenvalue weighted by atomic mass is 10.2. The van der Waals surface area contributed by atoms with Crippen molar-refractivity contribution < 1.29 is 4.74 Å². The molecular formula is C13H9BrCl2N2O. The summed E-state index contributed by atoms with van der Waals surface area (Å²) >= 11 is 15.4. The van der Waals surface area contributed by atoms with Crippen LogP contribution in [-0.4, -0.2) is 5.84 Å². The van der Waals surface area contributed by atoms with Gasteiger partial charge in [-0.05, 0) is 30.3 Å². The Morgan fingerprint density at radius 2 is 1.84 bits per heavy atom. The molecule has 0 aliphatic carbocycles. The fourth-order valence-electron chi connectivity index (χ4n) is 1.46. The average molecular weight is 360 g/mol. The topological polar surface area (TPSA) is 59.1 Å². The predicted octanol–water partition coefficient (Wildman–Crippen LogP) is 4.83. The highest BCUT2D eigenvalue weighted by Crippen LogP contribution is 2.33. The van der Waals surface area contributed by atoms with E-state index in [1.165, 1.54) is 0 Å². The fourth-order valence-corrected chi connectivity index (χ4v) is 2.23. The van der Waals surface area contributed by atoms with Crippen LogP contribution in [0.4, 0.5) is 0 Å². The number of hydrogen-bond acceptors (Lipinski definition) is 2. The van der Waals surface area contributed by atoms with Gasteiger partial charge in [0.25, 0.3) is 0 Å². The third kappa shape index (κ3) is 3.41. The zero-order valence-corrected chi connectivity index (χ0v) is 12.7. The van der Waals surface area contributed by atoms with E-state index < -0.39 is 0 Å². The molecule has 0 aromatic heterocycles. The van der Waals surface area contributed by atoms with E-state index >= 15 is 0 Å². The van der Waals surface area contributed by atoms with Gasteiger partial charge in [0.1, 0.15) is 17.3 Å². The monoisotopic (exact) mass is 358 g/mol. The number of rotatable bonds is 3. The summed E-state index contributed by atoms with van der Waals surface area (Å²) in [5.74, 6) is 0.953. The van der Waals surface area contributed by atoms with E-state index in [1.54, 1.807) is 30.3 Å². The Labute approximate surface area is 128 Å². The van der Waals surface area contributed by atoms with E-state index in [0.29, 0.717) is 27.1 Å². The maximum atomic E-state index is 7.36. The molecular weight excluding hydrogens is 351 g/mol. The van der Waals surface area contributed by atoms with E-state index in [4.69, 9.17) is 39.1 Å². The minimum Gasteiger partial charge on any atom is -0.456 e. The first kappa shape index (κ1) is 14.2. The van der Waals surface area contributed by atoms with Gasteiger partial charge in [0.15, 0.2) is 0 Å². The van der Waals surface area contributed by atoms with Crippen LogP contribution < -0.4 is 10.5 Å². The molecule has 0 saturated heterocycles. The summed E-state index contributed by atoms with van der Waals surface area (Å²) in [7, 11) is 0. The zero-order chi connectivity index (χ0) is 14.0. The molecule has 0 fully saturated rings. The summed E-state index contributed by atoms with van der Waals surface area (Å²) in [6.07, 6.45) is 0. The molecule has 98 valence electrons. The van der Waals surface area contributed by atoms with Crippen LogP contribution in [0.5, 0.6) is 11.5 Å². The number of nitrogen functional groups attached to an aromatic ring is 1. The van der Waals surface area contributed by atoms with Gasteiger partial charge in [0.05, 0.1) is 10.0 Å². The second-order valence-corrected chi connectivity index (χ2v) is 5.46. The van der Waals surface area contributed by atoms with Crippen LogP contribution >= 0.6 is 39.1 Å². The van der Waals surface area contributed by atoms with Crippen LogP contribution in [0.3, 0.4) is 0 Å². The smallest absolute Gasteiger partial charge is 0.147 e. The summed E-state index contributed by atoms with van der Waals surface area (Å²) < 4.78 is 6.51. The first-order valence-electron chi connectivity index (χ1n) is 5.24. The SMILES string of the molecule is N=C(N)c1ccc(Oc2cc(Br)ccc2Cl)cc1Cl. The zero-order valence-electron chi connectivity index (χ0n) is 9.58. The van der Waals surface area contributed by atoms with Gasteiger partial charge in [-0.3, -0.25) is 5.41 Å². The normalized spacial score (nSPS) is 10.3. The third-order valence-electron chi connectivity index (χ3n) is 2.35. The second kappa shape index (κ2) is 5.82. The molecule has 0 radical (unpaired) electrons. The van der Waals surface area contributed by atoms with E-state index in [-0.39, 0.29) is 5.84 Å². The van der Waals surface area contributed by atoms with Crippen molar-refractivity contribution in [3.8, 4) is 11.5 Å². The van der Waals surface area contributed by atoms with Gasteiger partial charge in [-0.1, -0.05) is 39.1 Å². The van der Waals surface area contributed by atoms with Crippen LogP contribution in [0.25, 0.3) is 0 Å². The van der Waals surface area contributed by atoms with Crippen LogP contribution in [-0.2, 0) is 0 Å². The molecule has 3 nitrogen and oxygen atoms in total. The number of benzene rings is 2. The molecule has 2 aromatic carbocycles. The van der Waals surface area contributed by atoms with Gasteiger partial charge in [-0.25, -0.2) is 0 Å². The maximum Gasteiger partial charge on any atom is 0.147 e. The molecule has 19 heavy (non-hydrogen) atoms. The molecule has 0 spiro atoms. The third-order valence-corrected chi connectivity index (χ3v) is 3.47. The lowest BCUT2D eigenvalue weighted by molar-refractivity contribution is 0.482. The summed E-state index contributed by atoms with van der Waals surface area (Å²) in [5, 5.41) is 8.21. The summed E-state index contributed by atoms with van der Waals surface area (Å²) in [6, 6.07) is 10.2. The van der Waals surface area contributed by atoms with Crippen molar-refractivity contribution >= 4 is 45.0 Å². The average Bonchev–Trinajstić information content (AvgIpc) is 2.33. The number of nitrogens with two attached hydrogens (primary N) is 1. The molecule has 2 rings (SSSR count). The number of halogens is 3. The highest BCUT2D eigenvalue weighted by molar-refractivity contribution is 9.10. The van der Waals surface area contributed by atoms with Gasteiger partial charge in [0, 0.05) is 16.1 Å². The minimum atomic E-state index is -0.0861. The van der Waals surface area contributed by atoms with Crippen molar-refractivity contribution in [2.75, 3.05) is 0 Å². The van der Waals surface area contributed by atoms with Crippen molar-refractivity contribution in [1.82, 2.24) is 0 Å². The van der Waals surface area contributed by atoms with E-state index in [9.17, 15) is 0 Å². The Balaban J connectivity index is 2.31. The largest absolute Gasteiger partial charge is 0.456 e. The molecule has 0 atom stereocenters. The fraction of sp³-hybridized carbons (Fsp3) is 0. The quantitative estimate of drug-likeness (QED) is 0.608. The Morgan fingerprint density at radius 1 is 1.11 bits per heavy atom. The first-order valence-corrected chi connectivity index (χ1v) is 6.79. The molecule has 0 heterocycles. The molecule has 0 unspecified atom stereocenters. The summed E-state index contributed by atoms with van der Waals surface area (Å²) in [6.45, 7) is 0. The van der Waals surface area contributed by atoms with E-state index in [0.717, 1.165) is 4.47 Å². The maximum absolute atomic E-state index is 7.36. The van der Waals surface area contributed by atoms with Crippen molar-refractivity contribution in [3.63, 3.8) is 0 Å². The number of ether oxygens (including phenoxy) is 1. The van der Waals surface area contributed by atoms with E-state index in [1.807, 2.05) is 6.07 Å². The molecule has 0 amide bonds. The van der Waals surface area contributed by atoms with Crippen LogP contribution in [0.15, 0.2) is 40.9 Å². The molecule has 0 aliphatic rings. The van der Waals surface area contributed by atoms with Gasteiger partial charge in [-0.2, -0.15) is 0 Å². The standard InChI is InChI=1S/C13H9BrCl2N2O/c14-7-1-4-10(15)12(5-7)19-8-2-3-9(13(17)18)11(16)6-8/h1-6H,(H3,17,18). The van der Waals surface area contributed by atoms with Crippen molar-refractivity contribution in [2.45, 2.75) is 0 Å². The molecule has 0 aliphatic heterocycles.